The molecular formula is C26H37N3O. The molecule has 4 nitrogen and oxygen atoms in total. The number of aryl methyl sites for hydroxylation is 1. The second kappa shape index (κ2) is 7.39. The Balaban J connectivity index is 1.31. The highest BCUT2D eigenvalue weighted by molar-refractivity contribution is 5.78. The predicted octanol–water partition coefficient (Wildman–Crippen LogP) is 5.81. The number of carbonyl (C=O) groups is 1. The maximum absolute atomic E-state index is 13.0. The van der Waals surface area contributed by atoms with Gasteiger partial charge in [-0.3, -0.25) is 4.79 Å². The van der Waals surface area contributed by atoms with E-state index in [-0.39, 0.29) is 11.3 Å². The maximum atomic E-state index is 13.0. The van der Waals surface area contributed by atoms with E-state index in [0.29, 0.717) is 23.8 Å². The van der Waals surface area contributed by atoms with E-state index in [1.807, 2.05) is 0 Å². The second-order valence-electron chi connectivity index (χ2n) is 10.9. The van der Waals surface area contributed by atoms with E-state index in [1.54, 1.807) is 0 Å². The van der Waals surface area contributed by atoms with Crippen LogP contribution in [0.5, 0.6) is 0 Å². The van der Waals surface area contributed by atoms with Crippen molar-refractivity contribution >= 4 is 16.9 Å². The molecule has 5 rings (SSSR count). The predicted molar refractivity (Wildman–Crippen MR) is 121 cm³/mol. The molecule has 0 aliphatic heterocycles. The molecule has 162 valence electrons. The topological polar surface area (TPSA) is 46.9 Å². The number of amides is 1. The first-order chi connectivity index (χ1) is 14.4. The van der Waals surface area contributed by atoms with Crippen LogP contribution in [0.15, 0.2) is 24.3 Å². The van der Waals surface area contributed by atoms with Crippen molar-refractivity contribution < 1.29 is 4.79 Å². The van der Waals surface area contributed by atoms with E-state index >= 15 is 0 Å². The molecule has 1 aromatic heterocycles. The highest BCUT2D eigenvalue weighted by atomic mass is 16.1. The summed E-state index contributed by atoms with van der Waals surface area (Å²) >= 11 is 0. The zero-order chi connectivity index (χ0) is 20.9. The third-order valence-electron chi connectivity index (χ3n) is 9.35. The van der Waals surface area contributed by atoms with Crippen molar-refractivity contribution in [2.24, 2.45) is 16.7 Å². The number of hydrogen-bond acceptors (Lipinski definition) is 2. The first kappa shape index (κ1) is 20.1. The van der Waals surface area contributed by atoms with Crippen LogP contribution < -0.4 is 5.32 Å². The van der Waals surface area contributed by atoms with Gasteiger partial charge in [-0.05, 0) is 61.0 Å². The highest BCUT2D eigenvalue weighted by Gasteiger charge is 2.61. The molecule has 0 radical (unpaired) electrons. The minimum atomic E-state index is 0.206. The molecule has 1 amide bonds. The molecule has 3 saturated carbocycles. The Hall–Kier alpha value is -1.84. The third-order valence-corrected chi connectivity index (χ3v) is 9.35. The van der Waals surface area contributed by atoms with E-state index in [0.717, 1.165) is 24.4 Å². The van der Waals surface area contributed by atoms with Crippen molar-refractivity contribution in [3.8, 4) is 0 Å². The molecule has 2 bridgehead atoms. The molecule has 1 N–H and O–H groups in total. The molecule has 0 saturated heterocycles. The van der Waals surface area contributed by atoms with Crippen molar-refractivity contribution in [2.75, 3.05) is 0 Å². The Bertz CT molecular complexity index is 939. The first-order valence-electron chi connectivity index (χ1n) is 12.1. The van der Waals surface area contributed by atoms with Gasteiger partial charge in [0.2, 0.25) is 5.91 Å². The van der Waals surface area contributed by atoms with Gasteiger partial charge in [-0.1, -0.05) is 52.2 Å². The lowest BCUT2D eigenvalue weighted by Gasteiger charge is -2.39. The van der Waals surface area contributed by atoms with E-state index in [9.17, 15) is 4.79 Å². The van der Waals surface area contributed by atoms with E-state index in [4.69, 9.17) is 4.98 Å². The summed E-state index contributed by atoms with van der Waals surface area (Å²) in [5, 5.41) is 3.44. The zero-order valence-corrected chi connectivity index (χ0v) is 18.9. The monoisotopic (exact) mass is 407 g/mol. The summed E-state index contributed by atoms with van der Waals surface area (Å²) in [6, 6.07) is 8.75. The molecule has 4 heteroatoms. The van der Waals surface area contributed by atoms with E-state index in [2.05, 4.69) is 54.9 Å². The van der Waals surface area contributed by atoms with Crippen LogP contribution in [0.4, 0.5) is 0 Å². The van der Waals surface area contributed by atoms with Crippen molar-refractivity contribution in [2.45, 2.75) is 97.1 Å². The molecule has 2 aromatic rings. The summed E-state index contributed by atoms with van der Waals surface area (Å²) in [5.74, 6) is 2.71. The van der Waals surface area contributed by atoms with Crippen LogP contribution in [0.1, 0.15) is 90.3 Å². The lowest BCUT2D eigenvalue weighted by atomic mass is 9.69. The van der Waals surface area contributed by atoms with Crippen LogP contribution in [0, 0.1) is 16.7 Å². The van der Waals surface area contributed by atoms with Crippen molar-refractivity contribution in [1.82, 2.24) is 14.9 Å². The number of nitrogens with one attached hydrogen (secondary N) is 1. The van der Waals surface area contributed by atoms with Gasteiger partial charge in [0, 0.05) is 24.9 Å². The van der Waals surface area contributed by atoms with Gasteiger partial charge in [0.1, 0.15) is 5.82 Å². The van der Waals surface area contributed by atoms with Crippen molar-refractivity contribution in [3.63, 3.8) is 0 Å². The summed E-state index contributed by atoms with van der Waals surface area (Å²) in [5.41, 5.74) is 2.82. The molecular weight excluding hydrogens is 370 g/mol. The largest absolute Gasteiger partial charge is 0.353 e. The molecule has 3 atom stereocenters. The van der Waals surface area contributed by atoms with E-state index < -0.39 is 0 Å². The van der Waals surface area contributed by atoms with Crippen LogP contribution >= 0.6 is 0 Å². The second-order valence-corrected chi connectivity index (χ2v) is 10.9. The molecule has 3 aliphatic carbocycles. The van der Waals surface area contributed by atoms with Crippen LogP contribution in [0.2, 0.25) is 0 Å². The zero-order valence-electron chi connectivity index (χ0n) is 18.9. The quantitative estimate of drug-likeness (QED) is 0.680. The third kappa shape index (κ3) is 3.09. The van der Waals surface area contributed by atoms with Crippen LogP contribution in [0.3, 0.4) is 0 Å². The number of nitrogens with zero attached hydrogens (tertiary/aromatic N) is 2. The van der Waals surface area contributed by atoms with Gasteiger partial charge < -0.3 is 9.88 Å². The summed E-state index contributed by atoms with van der Waals surface area (Å²) < 4.78 is 2.34. The number of rotatable bonds is 5. The number of carbonyl (C=O) groups excluding carboxylic acids is 1. The van der Waals surface area contributed by atoms with Crippen LogP contribution in [-0.4, -0.2) is 21.5 Å². The normalized spacial score (nSPS) is 30.8. The fraction of sp³-hybridized carbons (Fsp3) is 0.692. The summed E-state index contributed by atoms with van der Waals surface area (Å²) in [7, 11) is 0. The Labute approximate surface area is 180 Å². The highest BCUT2D eigenvalue weighted by Crippen LogP contribution is 2.65. The first-order valence-corrected chi connectivity index (χ1v) is 12.1. The smallest absolute Gasteiger partial charge is 0.222 e. The molecule has 3 fully saturated rings. The van der Waals surface area contributed by atoms with E-state index in [1.165, 1.54) is 56.3 Å². The molecule has 30 heavy (non-hydrogen) atoms. The van der Waals surface area contributed by atoms with Gasteiger partial charge in [-0.15, -0.1) is 0 Å². The molecule has 0 spiro atoms. The fourth-order valence-corrected chi connectivity index (χ4v) is 6.90. The number of aromatic nitrogens is 2. The standard InChI is InChI=1S/C26H37N3O/c1-25(2)19-13-15-26(25,3)22(17-19)28-23(30)14-16-29-21-12-8-7-11-20(21)27-24(29)18-9-5-4-6-10-18/h7-8,11-12,18-19,22H,4-6,9-10,13-17H2,1-3H3,(H,28,30)/t19-,22+,26+/m1/s1. The SMILES string of the molecule is CC1(C)[C@@H]2CC[C@@]1(C)[C@@H](NC(=O)CCn1c(C3CCCCC3)nc3ccccc31)C2. The van der Waals surface area contributed by atoms with Gasteiger partial charge in [-0.2, -0.15) is 0 Å². The van der Waals surface area contributed by atoms with Gasteiger partial charge in [0.15, 0.2) is 0 Å². The molecule has 0 unspecified atom stereocenters. The number of fused-ring (bicyclic) bond motifs is 3. The number of imidazole rings is 1. The van der Waals surface area contributed by atoms with Crippen molar-refractivity contribution in [3.05, 3.63) is 30.1 Å². The summed E-state index contributed by atoms with van der Waals surface area (Å²) in [4.78, 5) is 18.0. The van der Waals surface area contributed by atoms with Gasteiger partial charge in [-0.25, -0.2) is 4.98 Å². The van der Waals surface area contributed by atoms with Gasteiger partial charge in [0.05, 0.1) is 11.0 Å². The number of hydrogen-bond donors (Lipinski definition) is 1. The fourth-order valence-electron chi connectivity index (χ4n) is 6.90. The number of benzene rings is 1. The Kier molecular flexibility index (Phi) is 4.95. The lowest BCUT2D eigenvalue weighted by Crippen LogP contribution is -2.47. The molecule has 1 aromatic carbocycles. The van der Waals surface area contributed by atoms with Gasteiger partial charge in [0.25, 0.3) is 0 Å². The summed E-state index contributed by atoms with van der Waals surface area (Å²) in [6.07, 6.45) is 10.6. The lowest BCUT2D eigenvalue weighted by molar-refractivity contribution is -0.123. The summed E-state index contributed by atoms with van der Waals surface area (Å²) in [6.45, 7) is 7.94. The average molecular weight is 408 g/mol. The Morgan fingerprint density at radius 2 is 1.90 bits per heavy atom. The van der Waals surface area contributed by atoms with Crippen molar-refractivity contribution in [1.29, 1.82) is 0 Å². The average Bonchev–Trinajstić information content (AvgIpc) is 3.29. The van der Waals surface area contributed by atoms with Gasteiger partial charge >= 0.3 is 0 Å². The number of para-hydroxylation sites is 2. The molecule has 1 heterocycles. The van der Waals surface area contributed by atoms with Crippen LogP contribution in [0.25, 0.3) is 11.0 Å². The molecule has 3 aliphatic rings. The minimum absolute atomic E-state index is 0.206. The Morgan fingerprint density at radius 1 is 1.13 bits per heavy atom. The Morgan fingerprint density at radius 3 is 2.60 bits per heavy atom. The minimum Gasteiger partial charge on any atom is -0.353 e. The van der Waals surface area contributed by atoms with Crippen LogP contribution in [-0.2, 0) is 11.3 Å². The maximum Gasteiger partial charge on any atom is 0.222 e.